The predicted octanol–water partition coefficient (Wildman–Crippen LogP) is 2.78. The summed E-state index contributed by atoms with van der Waals surface area (Å²) in [5, 5.41) is 10.9. The van der Waals surface area contributed by atoms with Crippen molar-refractivity contribution in [3.8, 4) is 11.5 Å². The average molecular weight is 498 g/mol. The Kier molecular flexibility index (Phi) is 7.48. The van der Waals surface area contributed by atoms with Crippen molar-refractivity contribution in [2.45, 2.75) is 19.1 Å². The molecule has 0 aliphatic rings. The molecule has 0 saturated heterocycles. The van der Waals surface area contributed by atoms with E-state index < -0.39 is 16.0 Å². The number of ether oxygens (including phenoxy) is 1. The number of esters is 1. The lowest BCUT2D eigenvalue weighted by Crippen LogP contribution is -2.13. The van der Waals surface area contributed by atoms with Crippen LogP contribution in [0, 0.1) is 6.92 Å². The number of aromatic nitrogens is 3. The second-order valence-electron chi connectivity index (χ2n) is 6.32. The molecule has 0 unspecified atom stereocenters. The van der Waals surface area contributed by atoms with Gasteiger partial charge in [0.15, 0.2) is 5.13 Å². The van der Waals surface area contributed by atoms with Gasteiger partial charge in [-0.1, -0.05) is 23.1 Å². The molecule has 2 aromatic heterocycles. The number of aryl methyl sites for hydroxylation is 1. The minimum atomic E-state index is -3.37. The number of hydrogen-bond acceptors (Lipinski definition) is 11. The van der Waals surface area contributed by atoms with Crippen molar-refractivity contribution in [3.05, 3.63) is 34.8 Å². The van der Waals surface area contributed by atoms with E-state index in [2.05, 4.69) is 25.2 Å². The van der Waals surface area contributed by atoms with Gasteiger partial charge in [-0.05, 0) is 38.1 Å². The molecule has 3 aromatic rings. The highest BCUT2D eigenvalue weighted by atomic mass is 32.2. The SMILES string of the molecule is CCOC(=O)c1sc(NC(=O)CSc2nnc(-c3ccc(NS(C)(=O)=O)cc3)o2)nc1C. The van der Waals surface area contributed by atoms with Gasteiger partial charge in [0.1, 0.15) is 4.88 Å². The minimum Gasteiger partial charge on any atom is -0.462 e. The van der Waals surface area contributed by atoms with Gasteiger partial charge >= 0.3 is 5.97 Å². The first-order valence-electron chi connectivity index (χ1n) is 9.13. The van der Waals surface area contributed by atoms with E-state index in [1.165, 1.54) is 0 Å². The Balaban J connectivity index is 1.55. The molecular weight excluding hydrogens is 478 g/mol. The number of nitrogens with zero attached hydrogens (tertiary/aromatic N) is 3. The standard InChI is InChI=1S/C18H19N5O6S3/c1-4-28-16(25)14-10(2)19-17(31-14)20-13(24)9-30-18-22-21-15(29-18)11-5-7-12(8-6-11)23-32(3,26)27/h5-8,23H,4,9H2,1-3H3,(H,19,20,24). The lowest BCUT2D eigenvalue weighted by atomic mass is 10.2. The van der Waals surface area contributed by atoms with Gasteiger partial charge in [-0.15, -0.1) is 10.2 Å². The van der Waals surface area contributed by atoms with E-state index in [-0.39, 0.29) is 29.4 Å². The van der Waals surface area contributed by atoms with Crippen LogP contribution in [0.1, 0.15) is 22.3 Å². The van der Waals surface area contributed by atoms with Crippen LogP contribution in [0.5, 0.6) is 0 Å². The maximum absolute atomic E-state index is 12.2. The molecule has 170 valence electrons. The zero-order valence-electron chi connectivity index (χ0n) is 17.2. The van der Waals surface area contributed by atoms with Gasteiger partial charge in [0.25, 0.3) is 5.22 Å². The molecule has 32 heavy (non-hydrogen) atoms. The topological polar surface area (TPSA) is 153 Å². The highest BCUT2D eigenvalue weighted by Gasteiger charge is 2.18. The molecule has 0 spiro atoms. The second kappa shape index (κ2) is 10.1. The Labute approximate surface area is 192 Å². The molecule has 14 heteroatoms. The number of carbonyl (C=O) groups is 2. The number of thiazole rings is 1. The van der Waals surface area contributed by atoms with Crippen molar-refractivity contribution in [2.24, 2.45) is 0 Å². The van der Waals surface area contributed by atoms with Crippen molar-refractivity contribution in [1.29, 1.82) is 0 Å². The summed E-state index contributed by atoms with van der Waals surface area (Å²) in [6.45, 7) is 3.63. The molecule has 11 nitrogen and oxygen atoms in total. The summed E-state index contributed by atoms with van der Waals surface area (Å²) in [6.07, 6.45) is 1.06. The largest absolute Gasteiger partial charge is 0.462 e. The van der Waals surface area contributed by atoms with Crippen molar-refractivity contribution >= 4 is 55.8 Å². The molecule has 0 fully saturated rings. The minimum absolute atomic E-state index is 0.00772. The number of sulfonamides is 1. The first-order chi connectivity index (χ1) is 15.1. The summed E-state index contributed by atoms with van der Waals surface area (Å²) in [4.78, 5) is 28.6. The second-order valence-corrected chi connectivity index (χ2v) is 9.99. The normalized spacial score (nSPS) is 11.2. The number of thioether (sulfide) groups is 1. The maximum Gasteiger partial charge on any atom is 0.350 e. The molecule has 3 rings (SSSR count). The third-order valence-electron chi connectivity index (χ3n) is 3.67. The maximum atomic E-state index is 12.2. The van der Waals surface area contributed by atoms with E-state index in [0.29, 0.717) is 27.0 Å². The molecule has 0 atom stereocenters. The predicted molar refractivity (Wildman–Crippen MR) is 120 cm³/mol. The Hall–Kier alpha value is -2.97. The van der Waals surface area contributed by atoms with Gasteiger partial charge in [-0.25, -0.2) is 18.2 Å². The Morgan fingerprint density at radius 3 is 2.59 bits per heavy atom. The molecule has 2 heterocycles. The van der Waals surface area contributed by atoms with E-state index in [0.717, 1.165) is 29.4 Å². The quantitative estimate of drug-likeness (QED) is 0.333. The van der Waals surface area contributed by atoms with E-state index in [1.54, 1.807) is 38.1 Å². The van der Waals surface area contributed by atoms with Gasteiger partial charge in [-0.2, -0.15) is 0 Å². The van der Waals surface area contributed by atoms with Crippen LogP contribution >= 0.6 is 23.1 Å². The third-order valence-corrected chi connectivity index (χ3v) is 6.15. The monoisotopic (exact) mass is 497 g/mol. The highest BCUT2D eigenvalue weighted by molar-refractivity contribution is 7.99. The first-order valence-corrected chi connectivity index (χ1v) is 12.8. The highest BCUT2D eigenvalue weighted by Crippen LogP contribution is 2.26. The van der Waals surface area contributed by atoms with Crippen LogP contribution in [-0.4, -0.2) is 54.1 Å². The molecule has 0 aliphatic carbocycles. The number of amides is 1. The smallest absolute Gasteiger partial charge is 0.350 e. The van der Waals surface area contributed by atoms with Crippen LogP contribution in [0.2, 0.25) is 0 Å². The Morgan fingerprint density at radius 2 is 1.94 bits per heavy atom. The molecule has 0 saturated carbocycles. The fraction of sp³-hybridized carbons (Fsp3) is 0.278. The van der Waals surface area contributed by atoms with Crippen LogP contribution in [0.4, 0.5) is 10.8 Å². The molecule has 1 aromatic carbocycles. The van der Waals surface area contributed by atoms with Crippen molar-refractivity contribution in [3.63, 3.8) is 0 Å². The summed E-state index contributed by atoms with van der Waals surface area (Å²) in [5.41, 5.74) is 1.49. The van der Waals surface area contributed by atoms with Crippen LogP contribution in [0.25, 0.3) is 11.5 Å². The number of nitrogens with one attached hydrogen (secondary N) is 2. The fourth-order valence-electron chi connectivity index (χ4n) is 2.40. The molecule has 0 bridgehead atoms. The van der Waals surface area contributed by atoms with Gasteiger partial charge in [0.2, 0.25) is 21.8 Å². The number of benzene rings is 1. The summed E-state index contributed by atoms with van der Waals surface area (Å²) in [6, 6.07) is 6.41. The first kappa shape index (κ1) is 23.7. The summed E-state index contributed by atoms with van der Waals surface area (Å²) < 4.78 is 35.4. The van der Waals surface area contributed by atoms with Crippen molar-refractivity contribution in [1.82, 2.24) is 15.2 Å². The molecule has 0 aliphatic heterocycles. The number of anilines is 2. The van der Waals surface area contributed by atoms with Crippen molar-refractivity contribution < 1.29 is 27.2 Å². The van der Waals surface area contributed by atoms with E-state index in [4.69, 9.17) is 9.15 Å². The zero-order chi connectivity index (χ0) is 23.3. The zero-order valence-corrected chi connectivity index (χ0v) is 19.7. The Bertz CT molecular complexity index is 1220. The van der Waals surface area contributed by atoms with E-state index in [9.17, 15) is 18.0 Å². The van der Waals surface area contributed by atoms with E-state index >= 15 is 0 Å². The summed E-state index contributed by atoms with van der Waals surface area (Å²) in [5.74, 6) is -0.605. The number of rotatable bonds is 9. The van der Waals surface area contributed by atoms with Gasteiger partial charge < -0.3 is 14.5 Å². The van der Waals surface area contributed by atoms with Crippen LogP contribution in [-0.2, 0) is 19.6 Å². The molecule has 2 N–H and O–H groups in total. The lowest BCUT2D eigenvalue weighted by molar-refractivity contribution is -0.113. The third kappa shape index (κ3) is 6.51. The van der Waals surface area contributed by atoms with Gasteiger partial charge in [-0.3, -0.25) is 9.52 Å². The van der Waals surface area contributed by atoms with Crippen molar-refractivity contribution in [2.75, 3.05) is 28.7 Å². The fourth-order valence-corrected chi connectivity index (χ4v) is 4.40. The van der Waals surface area contributed by atoms with E-state index in [1.807, 2.05) is 0 Å². The lowest BCUT2D eigenvalue weighted by Gasteiger charge is -2.03. The Morgan fingerprint density at radius 1 is 1.22 bits per heavy atom. The number of hydrogen-bond donors (Lipinski definition) is 2. The van der Waals surface area contributed by atoms with Gasteiger partial charge in [0, 0.05) is 11.3 Å². The number of carbonyl (C=O) groups excluding carboxylic acids is 2. The summed E-state index contributed by atoms with van der Waals surface area (Å²) >= 11 is 2.08. The molecular formula is C18H19N5O6S3. The molecule has 0 radical (unpaired) electrons. The summed E-state index contributed by atoms with van der Waals surface area (Å²) in [7, 11) is -3.37. The van der Waals surface area contributed by atoms with Gasteiger partial charge in [0.05, 0.1) is 24.3 Å². The molecule has 1 amide bonds. The van der Waals surface area contributed by atoms with Crippen LogP contribution in [0.15, 0.2) is 33.9 Å². The van der Waals surface area contributed by atoms with Crippen LogP contribution < -0.4 is 10.0 Å². The average Bonchev–Trinajstić information content (AvgIpc) is 3.32. The van der Waals surface area contributed by atoms with Crippen LogP contribution in [0.3, 0.4) is 0 Å².